The minimum Gasteiger partial charge on any atom is -0.280 e. The molecule has 2 aromatic rings. The first-order chi connectivity index (χ1) is 8.90. The predicted molar refractivity (Wildman–Crippen MR) is 74.6 cm³/mol. The van der Waals surface area contributed by atoms with Gasteiger partial charge in [0.25, 0.3) is 10.0 Å². The maximum absolute atomic E-state index is 12.2. The highest BCUT2D eigenvalue weighted by Crippen LogP contribution is 2.18. The van der Waals surface area contributed by atoms with Crippen LogP contribution in [0.4, 0.5) is 5.69 Å². The van der Waals surface area contributed by atoms with E-state index in [1.807, 2.05) is 26.8 Å². The van der Waals surface area contributed by atoms with Crippen molar-refractivity contribution in [1.82, 2.24) is 9.78 Å². The van der Waals surface area contributed by atoms with Crippen molar-refractivity contribution in [3.8, 4) is 0 Å². The zero-order valence-corrected chi connectivity index (χ0v) is 12.0. The van der Waals surface area contributed by atoms with Crippen molar-refractivity contribution >= 4 is 15.7 Å². The molecule has 0 amide bonds. The van der Waals surface area contributed by atoms with Gasteiger partial charge in [-0.05, 0) is 44.0 Å². The molecule has 102 valence electrons. The fourth-order valence-electron chi connectivity index (χ4n) is 1.90. The molecule has 0 fully saturated rings. The van der Waals surface area contributed by atoms with Crippen LogP contribution in [0.1, 0.15) is 18.1 Å². The monoisotopic (exact) mass is 279 g/mol. The number of nitrogens with one attached hydrogen (secondary N) is 1. The Labute approximate surface area is 113 Å². The van der Waals surface area contributed by atoms with Gasteiger partial charge in [0, 0.05) is 18.4 Å². The predicted octanol–water partition coefficient (Wildman–Crippen LogP) is 2.32. The Hall–Kier alpha value is -1.82. The second-order valence-electron chi connectivity index (χ2n) is 4.51. The molecule has 1 N–H and O–H groups in total. The summed E-state index contributed by atoms with van der Waals surface area (Å²) in [6.45, 7) is 6.40. The van der Waals surface area contributed by atoms with Crippen LogP contribution in [0.3, 0.4) is 0 Å². The lowest BCUT2D eigenvalue weighted by molar-refractivity contribution is 0.600. The third-order valence-electron chi connectivity index (χ3n) is 2.72. The van der Waals surface area contributed by atoms with Crippen molar-refractivity contribution in [2.45, 2.75) is 32.2 Å². The van der Waals surface area contributed by atoms with Crippen molar-refractivity contribution < 1.29 is 8.42 Å². The van der Waals surface area contributed by atoms with Crippen molar-refractivity contribution in [3.05, 3.63) is 41.7 Å². The molecule has 2 rings (SSSR count). The largest absolute Gasteiger partial charge is 0.280 e. The van der Waals surface area contributed by atoms with E-state index in [1.165, 1.54) is 12.4 Å². The molecule has 6 heteroatoms. The van der Waals surface area contributed by atoms with Gasteiger partial charge in [-0.1, -0.05) is 6.07 Å². The maximum Gasteiger partial charge on any atom is 0.265 e. The fraction of sp³-hybridized carbons (Fsp3) is 0.308. The minimum atomic E-state index is -3.57. The van der Waals surface area contributed by atoms with Crippen LogP contribution in [0.25, 0.3) is 0 Å². The zero-order valence-electron chi connectivity index (χ0n) is 11.2. The summed E-state index contributed by atoms with van der Waals surface area (Å²) in [5.41, 5.74) is 2.60. The number of aromatic nitrogens is 2. The van der Waals surface area contributed by atoms with Crippen LogP contribution in [-0.2, 0) is 16.6 Å². The molecule has 0 saturated carbocycles. The van der Waals surface area contributed by atoms with Crippen LogP contribution >= 0.6 is 0 Å². The zero-order chi connectivity index (χ0) is 14.0. The smallest absolute Gasteiger partial charge is 0.265 e. The maximum atomic E-state index is 12.2. The summed E-state index contributed by atoms with van der Waals surface area (Å²) in [4.78, 5) is 0.175. The topological polar surface area (TPSA) is 64.0 Å². The normalized spacial score (nSPS) is 11.5. The molecule has 19 heavy (non-hydrogen) atoms. The van der Waals surface area contributed by atoms with Crippen LogP contribution in [0.5, 0.6) is 0 Å². The Bertz CT molecular complexity index is 669. The first kappa shape index (κ1) is 13.6. The molecule has 1 aromatic heterocycles. The number of sulfonamides is 1. The molecular weight excluding hydrogens is 262 g/mol. The first-order valence-electron chi connectivity index (χ1n) is 6.04. The molecule has 0 aliphatic rings. The van der Waals surface area contributed by atoms with Gasteiger partial charge in [-0.15, -0.1) is 0 Å². The van der Waals surface area contributed by atoms with Gasteiger partial charge < -0.3 is 0 Å². The van der Waals surface area contributed by atoms with E-state index in [9.17, 15) is 8.42 Å². The second kappa shape index (κ2) is 5.05. The highest BCUT2D eigenvalue weighted by atomic mass is 32.2. The van der Waals surface area contributed by atoms with Crippen LogP contribution in [0.15, 0.2) is 35.5 Å². The van der Waals surface area contributed by atoms with E-state index in [4.69, 9.17) is 0 Å². The van der Waals surface area contributed by atoms with Gasteiger partial charge in [0.2, 0.25) is 0 Å². The van der Waals surface area contributed by atoms with Crippen molar-refractivity contribution in [2.75, 3.05) is 4.72 Å². The summed E-state index contributed by atoms with van der Waals surface area (Å²) in [6, 6.07) is 5.59. The molecule has 0 aliphatic carbocycles. The van der Waals surface area contributed by atoms with E-state index in [-0.39, 0.29) is 4.90 Å². The average molecular weight is 279 g/mol. The number of nitrogens with zero attached hydrogens (tertiary/aromatic N) is 2. The molecule has 0 unspecified atom stereocenters. The summed E-state index contributed by atoms with van der Waals surface area (Å²) in [7, 11) is -3.57. The van der Waals surface area contributed by atoms with Gasteiger partial charge in [-0.25, -0.2) is 8.42 Å². The third kappa shape index (κ3) is 3.14. The Kier molecular flexibility index (Phi) is 3.61. The van der Waals surface area contributed by atoms with Crippen molar-refractivity contribution in [1.29, 1.82) is 0 Å². The Morgan fingerprint density at radius 3 is 2.37 bits per heavy atom. The molecule has 0 bridgehead atoms. The van der Waals surface area contributed by atoms with Gasteiger partial charge in [-0.3, -0.25) is 9.40 Å². The first-order valence-corrected chi connectivity index (χ1v) is 7.52. The lowest BCUT2D eigenvalue weighted by atomic mass is 10.1. The summed E-state index contributed by atoms with van der Waals surface area (Å²) >= 11 is 0. The van der Waals surface area contributed by atoms with Gasteiger partial charge in [0.1, 0.15) is 4.90 Å². The molecule has 5 nitrogen and oxygen atoms in total. The molecule has 0 saturated heterocycles. The standard InChI is InChI=1S/C13H17N3O2S/c1-4-16-9-13(8-14-16)19(17,18)15-12-6-10(2)5-11(3)7-12/h5-9,15H,4H2,1-3H3. The van der Waals surface area contributed by atoms with E-state index < -0.39 is 10.0 Å². The van der Waals surface area contributed by atoms with E-state index in [2.05, 4.69) is 9.82 Å². The molecule has 0 aliphatic heterocycles. The number of hydrogen-bond acceptors (Lipinski definition) is 3. The molecule has 0 atom stereocenters. The lowest BCUT2D eigenvalue weighted by Gasteiger charge is -2.08. The quantitative estimate of drug-likeness (QED) is 0.934. The average Bonchev–Trinajstić information content (AvgIpc) is 2.75. The molecule has 0 spiro atoms. The Balaban J connectivity index is 2.30. The van der Waals surface area contributed by atoms with Crippen molar-refractivity contribution in [2.24, 2.45) is 0 Å². The molecular formula is C13H17N3O2S. The molecule has 1 aromatic carbocycles. The number of hydrogen-bond donors (Lipinski definition) is 1. The molecule has 0 radical (unpaired) electrons. The van der Waals surface area contributed by atoms with E-state index in [0.29, 0.717) is 12.2 Å². The summed E-state index contributed by atoms with van der Waals surface area (Å²) < 4.78 is 28.5. The van der Waals surface area contributed by atoms with Gasteiger partial charge in [0.15, 0.2) is 0 Å². The fourth-order valence-corrected chi connectivity index (χ4v) is 2.90. The van der Waals surface area contributed by atoms with Crippen LogP contribution in [0.2, 0.25) is 0 Å². The van der Waals surface area contributed by atoms with Crippen molar-refractivity contribution in [3.63, 3.8) is 0 Å². The second-order valence-corrected chi connectivity index (χ2v) is 6.20. The van der Waals surface area contributed by atoms with E-state index in [1.54, 1.807) is 16.8 Å². The SMILES string of the molecule is CCn1cc(S(=O)(=O)Nc2cc(C)cc(C)c2)cn1. The van der Waals surface area contributed by atoms with Crippen LogP contribution < -0.4 is 4.72 Å². The number of aryl methyl sites for hydroxylation is 3. The summed E-state index contributed by atoms with van der Waals surface area (Å²) in [5.74, 6) is 0. The number of benzene rings is 1. The Morgan fingerprint density at radius 1 is 1.21 bits per heavy atom. The number of anilines is 1. The van der Waals surface area contributed by atoms with E-state index in [0.717, 1.165) is 11.1 Å². The van der Waals surface area contributed by atoms with Crippen LogP contribution in [0, 0.1) is 13.8 Å². The summed E-state index contributed by atoms with van der Waals surface area (Å²) in [6.07, 6.45) is 2.87. The number of rotatable bonds is 4. The highest BCUT2D eigenvalue weighted by Gasteiger charge is 2.16. The summed E-state index contributed by atoms with van der Waals surface area (Å²) in [5, 5.41) is 3.98. The third-order valence-corrected chi connectivity index (χ3v) is 4.05. The lowest BCUT2D eigenvalue weighted by Crippen LogP contribution is -2.12. The molecule has 1 heterocycles. The Morgan fingerprint density at radius 2 is 1.84 bits per heavy atom. The van der Waals surface area contributed by atoms with Gasteiger partial charge in [-0.2, -0.15) is 5.10 Å². The highest BCUT2D eigenvalue weighted by molar-refractivity contribution is 7.92. The minimum absolute atomic E-state index is 0.175. The van der Waals surface area contributed by atoms with Crippen LogP contribution in [-0.4, -0.2) is 18.2 Å². The van der Waals surface area contributed by atoms with Gasteiger partial charge >= 0.3 is 0 Å². The van der Waals surface area contributed by atoms with Gasteiger partial charge in [0.05, 0.1) is 6.20 Å². The van der Waals surface area contributed by atoms with E-state index >= 15 is 0 Å².